The molecule has 1 saturated heterocycles. The molecule has 7 nitrogen and oxygen atoms in total. The van der Waals surface area contributed by atoms with Crippen molar-refractivity contribution in [1.82, 2.24) is 10.2 Å². The Hall–Kier alpha value is -3.66. The Morgan fingerprint density at radius 2 is 1.86 bits per heavy atom. The normalized spacial score (nSPS) is 14.3. The van der Waals surface area contributed by atoms with Crippen LogP contribution in [0.5, 0.6) is 0 Å². The van der Waals surface area contributed by atoms with Crippen molar-refractivity contribution >= 4 is 17.9 Å². The van der Waals surface area contributed by atoms with Gasteiger partial charge >= 0.3 is 6.09 Å². The molecule has 2 aromatic rings. The molecule has 2 aromatic carbocycles. The predicted octanol–water partition coefficient (Wildman–Crippen LogP) is 2.33. The zero-order valence-corrected chi connectivity index (χ0v) is 15.1. The summed E-state index contributed by atoms with van der Waals surface area (Å²) in [5, 5.41) is 11.7. The standard InChI is InChI=1S/C21H19N3O4/c22-12-16-8-6-15(7-9-16)10-11-19(25)23-18(17-4-2-1-3-5-17)13-24-20(26)14-28-21(24)27/h1-9,18H,10-11,13-14H2,(H,23,25)/t18-/m1/s1. The van der Waals surface area contributed by atoms with Crippen molar-refractivity contribution in [3.8, 4) is 6.07 Å². The van der Waals surface area contributed by atoms with Gasteiger partial charge in [-0.25, -0.2) is 9.69 Å². The summed E-state index contributed by atoms with van der Waals surface area (Å²) in [4.78, 5) is 37.1. The van der Waals surface area contributed by atoms with E-state index in [0.29, 0.717) is 12.0 Å². The van der Waals surface area contributed by atoms with E-state index in [1.54, 1.807) is 12.1 Å². The molecule has 3 amide bonds. The van der Waals surface area contributed by atoms with Crippen molar-refractivity contribution in [2.75, 3.05) is 13.2 Å². The van der Waals surface area contributed by atoms with Gasteiger partial charge in [-0.3, -0.25) is 9.59 Å². The Morgan fingerprint density at radius 3 is 2.46 bits per heavy atom. The first-order chi connectivity index (χ1) is 13.6. The number of aryl methyl sites for hydroxylation is 1. The second-order valence-corrected chi connectivity index (χ2v) is 6.40. The topological polar surface area (TPSA) is 99.5 Å². The Bertz CT molecular complexity index is 887. The van der Waals surface area contributed by atoms with E-state index in [9.17, 15) is 14.4 Å². The summed E-state index contributed by atoms with van der Waals surface area (Å²) >= 11 is 0. The lowest BCUT2D eigenvalue weighted by atomic mass is 10.0. The molecule has 7 heteroatoms. The number of imide groups is 1. The van der Waals surface area contributed by atoms with Gasteiger partial charge in [-0.15, -0.1) is 0 Å². The third-order valence-corrected chi connectivity index (χ3v) is 4.47. The fraction of sp³-hybridized carbons (Fsp3) is 0.238. The van der Waals surface area contributed by atoms with Crippen LogP contribution in [0.15, 0.2) is 54.6 Å². The maximum Gasteiger partial charge on any atom is 0.417 e. The van der Waals surface area contributed by atoms with Crippen molar-refractivity contribution in [2.45, 2.75) is 18.9 Å². The molecule has 1 fully saturated rings. The molecule has 0 radical (unpaired) electrons. The first kappa shape index (κ1) is 19.1. The Kier molecular flexibility index (Phi) is 6.02. The van der Waals surface area contributed by atoms with Crippen molar-refractivity contribution in [1.29, 1.82) is 5.26 Å². The van der Waals surface area contributed by atoms with Crippen molar-refractivity contribution < 1.29 is 19.1 Å². The Morgan fingerprint density at radius 1 is 1.14 bits per heavy atom. The molecular formula is C21H19N3O4. The molecule has 0 aromatic heterocycles. The molecule has 1 heterocycles. The lowest BCUT2D eigenvalue weighted by molar-refractivity contribution is -0.127. The number of amides is 3. The van der Waals surface area contributed by atoms with E-state index in [1.807, 2.05) is 42.5 Å². The van der Waals surface area contributed by atoms with Crippen LogP contribution in [-0.2, 0) is 20.7 Å². The summed E-state index contributed by atoms with van der Waals surface area (Å²) < 4.78 is 4.75. The average Bonchev–Trinajstić information content (AvgIpc) is 3.04. The number of nitrogens with zero attached hydrogens (tertiary/aromatic N) is 2. The highest BCUT2D eigenvalue weighted by Crippen LogP contribution is 2.18. The molecule has 1 atom stereocenters. The summed E-state index contributed by atoms with van der Waals surface area (Å²) in [7, 11) is 0. The van der Waals surface area contributed by atoms with Crippen LogP contribution in [0, 0.1) is 11.3 Å². The average molecular weight is 377 g/mol. The molecule has 142 valence electrons. The Labute approximate surface area is 162 Å². The number of carbonyl (C=O) groups is 3. The van der Waals surface area contributed by atoms with Gasteiger partial charge in [-0.2, -0.15) is 5.26 Å². The molecule has 1 aliphatic heterocycles. The van der Waals surface area contributed by atoms with Crippen LogP contribution in [0.4, 0.5) is 4.79 Å². The highest BCUT2D eigenvalue weighted by atomic mass is 16.6. The van der Waals surface area contributed by atoms with E-state index >= 15 is 0 Å². The van der Waals surface area contributed by atoms with Gasteiger partial charge < -0.3 is 10.1 Å². The quantitative estimate of drug-likeness (QED) is 0.798. The van der Waals surface area contributed by atoms with Crippen LogP contribution in [-0.4, -0.2) is 36.0 Å². The second kappa shape index (κ2) is 8.82. The molecule has 0 spiro atoms. The number of nitriles is 1. The molecule has 1 aliphatic rings. The molecular weight excluding hydrogens is 358 g/mol. The molecule has 1 N–H and O–H groups in total. The number of rotatable bonds is 7. The monoisotopic (exact) mass is 377 g/mol. The minimum absolute atomic E-state index is 0.0181. The summed E-state index contributed by atoms with van der Waals surface area (Å²) in [5.74, 6) is -0.615. The van der Waals surface area contributed by atoms with Crippen LogP contribution in [0.25, 0.3) is 0 Å². The first-order valence-corrected chi connectivity index (χ1v) is 8.87. The second-order valence-electron chi connectivity index (χ2n) is 6.40. The number of hydrogen-bond acceptors (Lipinski definition) is 5. The fourth-order valence-electron chi connectivity index (χ4n) is 2.93. The van der Waals surface area contributed by atoms with Gasteiger partial charge in [0.15, 0.2) is 6.61 Å². The third kappa shape index (κ3) is 4.74. The largest absolute Gasteiger partial charge is 0.439 e. The van der Waals surface area contributed by atoms with Gasteiger partial charge in [0.25, 0.3) is 5.91 Å². The predicted molar refractivity (Wildman–Crippen MR) is 99.9 cm³/mol. The zero-order valence-electron chi connectivity index (χ0n) is 15.1. The van der Waals surface area contributed by atoms with E-state index in [-0.39, 0.29) is 25.5 Å². The molecule has 28 heavy (non-hydrogen) atoms. The summed E-state index contributed by atoms with van der Waals surface area (Å²) in [6.45, 7) is -0.253. The molecule has 3 rings (SSSR count). The highest BCUT2D eigenvalue weighted by molar-refractivity contribution is 5.97. The maximum absolute atomic E-state index is 12.5. The van der Waals surface area contributed by atoms with Gasteiger partial charge in [0.1, 0.15) is 0 Å². The lowest BCUT2D eigenvalue weighted by Crippen LogP contribution is -2.40. The van der Waals surface area contributed by atoms with E-state index in [0.717, 1.165) is 16.0 Å². The van der Waals surface area contributed by atoms with Gasteiger partial charge in [0.05, 0.1) is 24.2 Å². The number of ether oxygens (including phenoxy) is 1. The number of carbonyl (C=O) groups excluding carboxylic acids is 3. The lowest BCUT2D eigenvalue weighted by Gasteiger charge is -2.23. The van der Waals surface area contributed by atoms with Crippen LogP contribution < -0.4 is 5.32 Å². The summed E-state index contributed by atoms with van der Waals surface area (Å²) in [6, 6.07) is 17.8. The van der Waals surface area contributed by atoms with Crippen molar-refractivity contribution in [2.24, 2.45) is 0 Å². The summed E-state index contributed by atoms with van der Waals surface area (Å²) in [6.07, 6.45) is 0.0648. The zero-order chi connectivity index (χ0) is 19.9. The van der Waals surface area contributed by atoms with Gasteiger partial charge in [-0.1, -0.05) is 42.5 Å². The van der Waals surface area contributed by atoms with E-state index in [4.69, 9.17) is 10.00 Å². The number of benzene rings is 2. The SMILES string of the molecule is N#Cc1ccc(CCC(=O)N[C@H](CN2C(=O)COC2=O)c2ccccc2)cc1. The van der Waals surface area contributed by atoms with Crippen LogP contribution in [0.3, 0.4) is 0 Å². The molecule has 0 saturated carbocycles. The summed E-state index contributed by atoms with van der Waals surface area (Å²) in [5.41, 5.74) is 2.31. The number of hydrogen-bond donors (Lipinski definition) is 1. The van der Waals surface area contributed by atoms with Gasteiger partial charge in [0.2, 0.25) is 5.91 Å². The van der Waals surface area contributed by atoms with Crippen LogP contribution in [0.2, 0.25) is 0 Å². The minimum Gasteiger partial charge on any atom is -0.439 e. The van der Waals surface area contributed by atoms with E-state index in [1.165, 1.54) is 0 Å². The number of cyclic esters (lactones) is 1. The highest BCUT2D eigenvalue weighted by Gasteiger charge is 2.33. The van der Waals surface area contributed by atoms with E-state index in [2.05, 4.69) is 11.4 Å². The fourth-order valence-corrected chi connectivity index (χ4v) is 2.93. The molecule has 0 unspecified atom stereocenters. The van der Waals surface area contributed by atoms with E-state index < -0.39 is 18.0 Å². The van der Waals surface area contributed by atoms with Crippen molar-refractivity contribution in [3.05, 3.63) is 71.3 Å². The Balaban J connectivity index is 1.64. The van der Waals surface area contributed by atoms with Crippen LogP contribution >= 0.6 is 0 Å². The van der Waals surface area contributed by atoms with Gasteiger partial charge in [0, 0.05) is 6.42 Å². The van der Waals surface area contributed by atoms with Crippen LogP contribution in [0.1, 0.15) is 29.2 Å². The minimum atomic E-state index is -0.697. The van der Waals surface area contributed by atoms with Gasteiger partial charge in [-0.05, 0) is 29.7 Å². The first-order valence-electron chi connectivity index (χ1n) is 8.87. The maximum atomic E-state index is 12.5. The molecule has 0 bridgehead atoms. The number of nitrogens with one attached hydrogen (secondary N) is 1. The smallest absolute Gasteiger partial charge is 0.417 e. The van der Waals surface area contributed by atoms with Crippen molar-refractivity contribution in [3.63, 3.8) is 0 Å². The molecule has 0 aliphatic carbocycles. The third-order valence-electron chi connectivity index (χ3n) is 4.47.